The predicted octanol–water partition coefficient (Wildman–Crippen LogP) is 4.46. The summed E-state index contributed by atoms with van der Waals surface area (Å²) in [4.78, 5) is 24.9. The largest absolute Gasteiger partial charge is 0.493 e. The Bertz CT molecular complexity index is 1170. The molecule has 0 radical (unpaired) electrons. The van der Waals surface area contributed by atoms with E-state index in [1.54, 1.807) is 42.5 Å². The van der Waals surface area contributed by atoms with E-state index in [-0.39, 0.29) is 5.56 Å². The highest BCUT2D eigenvalue weighted by Gasteiger charge is 2.17. The fourth-order valence-electron chi connectivity index (χ4n) is 2.89. The number of halogens is 1. The van der Waals surface area contributed by atoms with Gasteiger partial charge in [0.2, 0.25) is 5.75 Å². The van der Waals surface area contributed by atoms with Gasteiger partial charge >= 0.3 is 5.97 Å². The van der Waals surface area contributed by atoms with Crippen molar-refractivity contribution < 1.29 is 28.5 Å². The van der Waals surface area contributed by atoms with Crippen LogP contribution in [0.5, 0.6) is 23.0 Å². The van der Waals surface area contributed by atoms with Crippen LogP contribution in [0.3, 0.4) is 0 Å². The molecule has 0 spiro atoms. The lowest BCUT2D eigenvalue weighted by Gasteiger charge is -2.13. The van der Waals surface area contributed by atoms with Gasteiger partial charge in [0.1, 0.15) is 5.75 Å². The molecule has 8 nitrogen and oxygen atoms in total. The number of methoxy groups -OCH3 is 3. The van der Waals surface area contributed by atoms with E-state index < -0.39 is 11.9 Å². The zero-order valence-electron chi connectivity index (χ0n) is 18.1. The maximum Gasteiger partial charge on any atom is 0.344 e. The molecule has 0 saturated carbocycles. The van der Waals surface area contributed by atoms with Crippen molar-refractivity contribution in [3.63, 3.8) is 0 Å². The van der Waals surface area contributed by atoms with E-state index in [9.17, 15) is 9.59 Å². The van der Waals surface area contributed by atoms with Crippen LogP contribution in [0.1, 0.15) is 26.3 Å². The Kier molecular flexibility index (Phi) is 8.04. The maximum atomic E-state index is 12.5. The van der Waals surface area contributed by atoms with Crippen molar-refractivity contribution in [1.29, 1.82) is 0 Å². The van der Waals surface area contributed by atoms with E-state index in [1.165, 1.54) is 39.7 Å². The molecule has 0 aliphatic rings. The third-order valence-corrected chi connectivity index (χ3v) is 5.16. The standard InChI is InChI=1S/C24H21BrN2O6/c1-30-20-12-16(13-21(31-2)22(20)32-3)23(28)27-26-14-15-7-6-8-17(11-15)33-24(29)18-9-4-5-10-19(18)25/h4-14H,1-3H3,(H,27,28). The lowest BCUT2D eigenvalue weighted by atomic mass is 10.1. The Morgan fingerprint density at radius 2 is 1.61 bits per heavy atom. The van der Waals surface area contributed by atoms with Gasteiger partial charge < -0.3 is 18.9 Å². The molecule has 3 aromatic carbocycles. The quantitative estimate of drug-likeness (QED) is 0.207. The molecule has 33 heavy (non-hydrogen) atoms. The minimum absolute atomic E-state index is 0.276. The first-order valence-electron chi connectivity index (χ1n) is 9.67. The highest BCUT2D eigenvalue weighted by molar-refractivity contribution is 9.10. The summed E-state index contributed by atoms with van der Waals surface area (Å²) in [6, 6.07) is 16.8. The fourth-order valence-corrected chi connectivity index (χ4v) is 3.34. The summed E-state index contributed by atoms with van der Waals surface area (Å²) in [5.41, 5.74) is 3.76. The first-order valence-corrected chi connectivity index (χ1v) is 10.5. The van der Waals surface area contributed by atoms with Gasteiger partial charge in [-0.05, 0) is 57.9 Å². The Morgan fingerprint density at radius 3 is 2.24 bits per heavy atom. The van der Waals surface area contributed by atoms with Gasteiger partial charge in [0, 0.05) is 10.0 Å². The Balaban J connectivity index is 1.69. The molecular weight excluding hydrogens is 492 g/mol. The van der Waals surface area contributed by atoms with Crippen molar-refractivity contribution in [2.24, 2.45) is 5.10 Å². The Labute approximate surface area is 199 Å². The number of hydrogen-bond acceptors (Lipinski definition) is 7. The molecule has 3 rings (SSSR count). The minimum atomic E-state index is -0.493. The second kappa shape index (κ2) is 11.1. The molecule has 0 unspecified atom stereocenters. The van der Waals surface area contributed by atoms with Gasteiger partial charge in [-0.15, -0.1) is 0 Å². The predicted molar refractivity (Wildman–Crippen MR) is 127 cm³/mol. The van der Waals surface area contributed by atoms with Crippen molar-refractivity contribution >= 4 is 34.0 Å². The topological polar surface area (TPSA) is 95.5 Å². The number of amides is 1. The van der Waals surface area contributed by atoms with Gasteiger partial charge in [0.25, 0.3) is 5.91 Å². The molecule has 0 aliphatic heterocycles. The number of hydrazone groups is 1. The van der Waals surface area contributed by atoms with E-state index >= 15 is 0 Å². The van der Waals surface area contributed by atoms with Gasteiger partial charge in [0.05, 0.1) is 33.1 Å². The van der Waals surface area contributed by atoms with Crippen LogP contribution in [-0.2, 0) is 0 Å². The van der Waals surface area contributed by atoms with E-state index in [4.69, 9.17) is 18.9 Å². The molecule has 0 saturated heterocycles. The lowest BCUT2D eigenvalue weighted by Crippen LogP contribution is -2.18. The number of esters is 1. The number of rotatable bonds is 8. The van der Waals surface area contributed by atoms with Crippen molar-refractivity contribution in [3.05, 3.63) is 81.8 Å². The van der Waals surface area contributed by atoms with Gasteiger partial charge in [-0.25, -0.2) is 10.2 Å². The summed E-state index contributed by atoms with van der Waals surface area (Å²) in [5, 5.41) is 3.98. The van der Waals surface area contributed by atoms with Crippen molar-refractivity contribution in [2.75, 3.05) is 21.3 Å². The number of benzene rings is 3. The zero-order chi connectivity index (χ0) is 23.8. The third-order valence-electron chi connectivity index (χ3n) is 4.47. The SMILES string of the molecule is COc1cc(C(=O)NN=Cc2cccc(OC(=O)c3ccccc3Br)c2)cc(OC)c1OC. The normalized spacial score (nSPS) is 10.5. The first-order chi connectivity index (χ1) is 16.0. The van der Waals surface area contributed by atoms with Gasteiger partial charge in [-0.1, -0.05) is 24.3 Å². The summed E-state index contributed by atoms with van der Waals surface area (Å²) in [6.45, 7) is 0. The van der Waals surface area contributed by atoms with Crippen LogP contribution < -0.4 is 24.4 Å². The summed E-state index contributed by atoms with van der Waals surface area (Å²) in [7, 11) is 4.41. The van der Waals surface area contributed by atoms with Gasteiger partial charge in [-0.2, -0.15) is 5.10 Å². The molecule has 0 atom stereocenters. The van der Waals surface area contributed by atoms with Crippen molar-refractivity contribution in [3.8, 4) is 23.0 Å². The molecule has 1 amide bonds. The fraction of sp³-hybridized carbons (Fsp3) is 0.125. The van der Waals surface area contributed by atoms with E-state index in [0.29, 0.717) is 38.6 Å². The van der Waals surface area contributed by atoms with Gasteiger partial charge in [0.15, 0.2) is 11.5 Å². The van der Waals surface area contributed by atoms with E-state index in [1.807, 2.05) is 6.07 Å². The molecule has 0 fully saturated rings. The molecule has 0 heterocycles. The number of ether oxygens (including phenoxy) is 4. The van der Waals surface area contributed by atoms with E-state index in [2.05, 4.69) is 26.5 Å². The van der Waals surface area contributed by atoms with E-state index in [0.717, 1.165) is 0 Å². The second-order valence-corrected chi connectivity index (χ2v) is 7.41. The van der Waals surface area contributed by atoms with Crippen LogP contribution in [0.25, 0.3) is 0 Å². The van der Waals surface area contributed by atoms with Crippen LogP contribution in [0.2, 0.25) is 0 Å². The molecule has 0 aromatic heterocycles. The number of hydrogen-bond donors (Lipinski definition) is 1. The highest BCUT2D eigenvalue weighted by atomic mass is 79.9. The smallest absolute Gasteiger partial charge is 0.344 e. The van der Waals surface area contributed by atoms with Crippen LogP contribution in [0, 0.1) is 0 Å². The van der Waals surface area contributed by atoms with Crippen LogP contribution in [0.4, 0.5) is 0 Å². The zero-order valence-corrected chi connectivity index (χ0v) is 19.7. The molecular formula is C24H21BrN2O6. The third kappa shape index (κ3) is 5.89. The average Bonchev–Trinajstić information content (AvgIpc) is 2.83. The Morgan fingerprint density at radius 1 is 0.909 bits per heavy atom. The van der Waals surface area contributed by atoms with Crippen LogP contribution in [-0.4, -0.2) is 39.4 Å². The van der Waals surface area contributed by atoms with Crippen LogP contribution >= 0.6 is 15.9 Å². The number of nitrogens with zero attached hydrogens (tertiary/aromatic N) is 1. The molecule has 1 N–H and O–H groups in total. The second-order valence-electron chi connectivity index (χ2n) is 6.55. The summed E-state index contributed by atoms with van der Waals surface area (Å²) in [6.07, 6.45) is 1.44. The highest BCUT2D eigenvalue weighted by Crippen LogP contribution is 2.38. The molecule has 9 heteroatoms. The lowest BCUT2D eigenvalue weighted by molar-refractivity contribution is 0.0733. The average molecular weight is 513 g/mol. The number of carbonyl (C=O) groups excluding carboxylic acids is 2. The first kappa shape index (κ1) is 23.8. The number of nitrogens with one attached hydrogen (secondary N) is 1. The van der Waals surface area contributed by atoms with Crippen molar-refractivity contribution in [2.45, 2.75) is 0 Å². The summed E-state index contributed by atoms with van der Waals surface area (Å²) >= 11 is 3.33. The van der Waals surface area contributed by atoms with Crippen molar-refractivity contribution in [1.82, 2.24) is 5.43 Å². The molecule has 170 valence electrons. The maximum absolute atomic E-state index is 12.5. The minimum Gasteiger partial charge on any atom is -0.493 e. The summed E-state index contributed by atoms with van der Waals surface area (Å²) < 4.78 is 21.8. The Hall–Kier alpha value is -3.85. The molecule has 0 aliphatic carbocycles. The molecule has 0 bridgehead atoms. The monoisotopic (exact) mass is 512 g/mol. The summed E-state index contributed by atoms with van der Waals surface area (Å²) in [5.74, 6) is 0.468. The molecule has 3 aromatic rings. The number of carbonyl (C=O) groups is 2. The van der Waals surface area contributed by atoms with Crippen LogP contribution in [0.15, 0.2) is 70.2 Å². The van der Waals surface area contributed by atoms with Gasteiger partial charge in [-0.3, -0.25) is 4.79 Å².